The minimum Gasteiger partial charge on any atom is -0.504 e. The molecular formula is C26H18O7. The van der Waals surface area contributed by atoms with Gasteiger partial charge in [0.2, 0.25) is 0 Å². The first kappa shape index (κ1) is 21.5. The van der Waals surface area contributed by atoms with Gasteiger partial charge < -0.3 is 25.2 Å². The first-order valence-corrected chi connectivity index (χ1v) is 9.85. The minimum absolute atomic E-state index is 0.0607. The molecule has 4 aromatic rings. The zero-order chi connectivity index (χ0) is 23.5. The highest BCUT2D eigenvalue weighted by Gasteiger charge is 2.23. The van der Waals surface area contributed by atoms with Crippen LogP contribution in [0.25, 0.3) is 22.3 Å². The van der Waals surface area contributed by atoms with Crippen LogP contribution in [0.5, 0.6) is 23.0 Å². The molecule has 0 atom stereocenters. The lowest BCUT2D eigenvalue weighted by Gasteiger charge is -2.16. The van der Waals surface area contributed by atoms with Gasteiger partial charge in [0, 0.05) is 11.1 Å². The lowest BCUT2D eigenvalue weighted by atomic mass is 9.97. The zero-order valence-corrected chi connectivity index (χ0v) is 17.1. The van der Waals surface area contributed by atoms with Crippen molar-refractivity contribution in [3.63, 3.8) is 0 Å². The molecule has 0 bridgehead atoms. The van der Waals surface area contributed by atoms with E-state index in [1.807, 2.05) is 0 Å². The van der Waals surface area contributed by atoms with Gasteiger partial charge >= 0.3 is 11.9 Å². The maximum absolute atomic E-state index is 11.7. The minimum atomic E-state index is -1.23. The smallest absolute Gasteiger partial charge is 0.336 e. The molecule has 4 rings (SSSR count). The second-order valence-corrected chi connectivity index (χ2v) is 7.11. The van der Waals surface area contributed by atoms with Crippen molar-refractivity contribution in [3.05, 3.63) is 96.1 Å². The molecule has 33 heavy (non-hydrogen) atoms. The Kier molecular flexibility index (Phi) is 5.69. The van der Waals surface area contributed by atoms with Crippen LogP contribution in [0.2, 0.25) is 0 Å². The van der Waals surface area contributed by atoms with Crippen LogP contribution in [0.4, 0.5) is 0 Å². The van der Waals surface area contributed by atoms with Crippen LogP contribution in [0.1, 0.15) is 20.7 Å². The summed E-state index contributed by atoms with van der Waals surface area (Å²) in [5.74, 6) is -3.51. The molecule has 164 valence electrons. The number of phenols is 2. The summed E-state index contributed by atoms with van der Waals surface area (Å²) in [5, 5.41) is 40.9. The predicted octanol–water partition coefficient (Wildman–Crippen LogP) is 5.62. The fourth-order valence-corrected chi connectivity index (χ4v) is 3.58. The number of aromatic hydroxyl groups is 2. The Labute approximate surface area is 188 Å². The molecule has 0 unspecified atom stereocenters. The molecule has 0 aliphatic heterocycles. The van der Waals surface area contributed by atoms with Gasteiger partial charge in [-0.05, 0) is 35.4 Å². The summed E-state index contributed by atoms with van der Waals surface area (Å²) < 4.78 is 5.75. The second kappa shape index (κ2) is 8.76. The monoisotopic (exact) mass is 442 g/mol. The van der Waals surface area contributed by atoms with E-state index in [1.165, 1.54) is 24.3 Å². The van der Waals surface area contributed by atoms with E-state index in [2.05, 4.69) is 0 Å². The van der Waals surface area contributed by atoms with Crippen LogP contribution in [0, 0.1) is 0 Å². The molecule has 4 N–H and O–H groups in total. The molecule has 7 nitrogen and oxygen atoms in total. The molecule has 0 aliphatic carbocycles. The van der Waals surface area contributed by atoms with Crippen LogP contribution in [0.15, 0.2) is 84.9 Å². The van der Waals surface area contributed by atoms with E-state index in [4.69, 9.17) is 4.74 Å². The van der Waals surface area contributed by atoms with Gasteiger partial charge in [-0.1, -0.05) is 60.7 Å². The average Bonchev–Trinajstić information content (AvgIpc) is 2.82. The summed E-state index contributed by atoms with van der Waals surface area (Å²) in [6.07, 6.45) is 0. The van der Waals surface area contributed by atoms with Crippen molar-refractivity contribution in [2.24, 2.45) is 0 Å². The molecule has 0 aliphatic rings. The number of carboxylic acid groups (broad SMARTS) is 2. The van der Waals surface area contributed by atoms with Gasteiger partial charge in [-0.25, -0.2) is 9.59 Å². The molecule has 0 fully saturated rings. The Hall–Kier alpha value is -4.78. The van der Waals surface area contributed by atoms with Crippen LogP contribution >= 0.6 is 0 Å². The molecular weight excluding hydrogens is 424 g/mol. The molecule has 0 radical (unpaired) electrons. The van der Waals surface area contributed by atoms with Crippen molar-refractivity contribution in [1.29, 1.82) is 0 Å². The van der Waals surface area contributed by atoms with Crippen LogP contribution in [-0.4, -0.2) is 32.4 Å². The average molecular weight is 442 g/mol. The molecule has 0 amide bonds. The fraction of sp³-hybridized carbons (Fsp3) is 0. The van der Waals surface area contributed by atoms with E-state index in [0.29, 0.717) is 11.1 Å². The Bertz CT molecular complexity index is 1240. The number of rotatable bonds is 6. The van der Waals surface area contributed by atoms with Crippen molar-refractivity contribution in [2.75, 3.05) is 0 Å². The summed E-state index contributed by atoms with van der Waals surface area (Å²) in [7, 11) is 0. The number of ether oxygens (including phenoxy) is 1. The first-order valence-electron chi connectivity index (χ1n) is 9.85. The van der Waals surface area contributed by atoms with Gasteiger partial charge in [0.15, 0.2) is 23.0 Å². The molecule has 7 heteroatoms. The standard InChI is InChI=1S/C26H18O7/c27-23-19(13-11-17(25(29)30)21(23)15-7-3-1-4-8-15)33-20-14-12-18(26(31)32)22(24(20)28)16-9-5-2-6-10-16/h1-14,27-28H,(H,29,30)(H,31,32). The number of carboxylic acids is 2. The van der Waals surface area contributed by atoms with Gasteiger partial charge in [-0.2, -0.15) is 0 Å². The van der Waals surface area contributed by atoms with E-state index >= 15 is 0 Å². The number of aromatic carboxylic acids is 2. The second-order valence-electron chi connectivity index (χ2n) is 7.11. The van der Waals surface area contributed by atoms with Crippen molar-refractivity contribution >= 4 is 11.9 Å². The maximum atomic E-state index is 11.7. The van der Waals surface area contributed by atoms with Gasteiger partial charge in [0.05, 0.1) is 11.1 Å². The lowest BCUT2D eigenvalue weighted by molar-refractivity contribution is 0.0686. The third kappa shape index (κ3) is 4.07. The van der Waals surface area contributed by atoms with E-state index < -0.39 is 23.4 Å². The molecule has 0 saturated heterocycles. The maximum Gasteiger partial charge on any atom is 0.336 e. The SMILES string of the molecule is O=C(O)c1ccc(Oc2ccc(C(=O)O)c(-c3ccccc3)c2O)c(O)c1-c1ccccc1. The van der Waals surface area contributed by atoms with Crippen molar-refractivity contribution < 1.29 is 34.8 Å². The summed E-state index contributed by atoms with van der Waals surface area (Å²) >= 11 is 0. The molecule has 0 saturated carbocycles. The van der Waals surface area contributed by atoms with Crippen molar-refractivity contribution in [3.8, 4) is 45.3 Å². The Balaban J connectivity index is 1.85. The van der Waals surface area contributed by atoms with Gasteiger partial charge in [-0.15, -0.1) is 0 Å². The normalized spacial score (nSPS) is 10.5. The van der Waals surface area contributed by atoms with E-state index in [9.17, 15) is 30.0 Å². The number of phenolic OH excluding ortho intramolecular Hbond substituents is 2. The van der Waals surface area contributed by atoms with Crippen LogP contribution in [-0.2, 0) is 0 Å². The van der Waals surface area contributed by atoms with Crippen molar-refractivity contribution in [2.45, 2.75) is 0 Å². The Morgan fingerprint density at radius 1 is 0.545 bits per heavy atom. The van der Waals surface area contributed by atoms with E-state index in [1.54, 1.807) is 60.7 Å². The topological polar surface area (TPSA) is 124 Å². The summed E-state index contributed by atoms with van der Waals surface area (Å²) in [5.41, 5.74) is 0.806. The highest BCUT2D eigenvalue weighted by molar-refractivity contribution is 6.00. The number of hydrogen-bond donors (Lipinski definition) is 4. The summed E-state index contributed by atoms with van der Waals surface area (Å²) in [6.45, 7) is 0. The third-order valence-corrected chi connectivity index (χ3v) is 5.09. The number of benzene rings is 4. The predicted molar refractivity (Wildman–Crippen MR) is 121 cm³/mol. The Morgan fingerprint density at radius 2 is 0.909 bits per heavy atom. The highest BCUT2D eigenvalue weighted by Crippen LogP contribution is 2.46. The van der Waals surface area contributed by atoms with E-state index in [0.717, 1.165) is 0 Å². The molecule has 0 spiro atoms. The molecule has 4 aromatic carbocycles. The quantitative estimate of drug-likeness (QED) is 0.305. The lowest BCUT2D eigenvalue weighted by Crippen LogP contribution is -2.02. The first-order chi connectivity index (χ1) is 15.9. The van der Waals surface area contributed by atoms with E-state index in [-0.39, 0.29) is 33.8 Å². The van der Waals surface area contributed by atoms with Gasteiger partial charge in [0.1, 0.15) is 0 Å². The van der Waals surface area contributed by atoms with Gasteiger partial charge in [0.25, 0.3) is 0 Å². The number of hydrogen-bond acceptors (Lipinski definition) is 5. The van der Waals surface area contributed by atoms with Gasteiger partial charge in [-0.3, -0.25) is 0 Å². The fourth-order valence-electron chi connectivity index (χ4n) is 3.58. The highest BCUT2D eigenvalue weighted by atomic mass is 16.5. The van der Waals surface area contributed by atoms with Crippen LogP contribution < -0.4 is 4.74 Å². The summed E-state index contributed by atoms with van der Waals surface area (Å²) in [6, 6.07) is 22.1. The summed E-state index contributed by atoms with van der Waals surface area (Å²) in [4.78, 5) is 23.5. The molecule has 0 aromatic heterocycles. The van der Waals surface area contributed by atoms with Crippen molar-refractivity contribution in [1.82, 2.24) is 0 Å². The van der Waals surface area contributed by atoms with Crippen LogP contribution in [0.3, 0.4) is 0 Å². The Morgan fingerprint density at radius 3 is 1.24 bits per heavy atom. The largest absolute Gasteiger partial charge is 0.504 e. The third-order valence-electron chi connectivity index (χ3n) is 5.09. The molecule has 0 heterocycles. The zero-order valence-electron chi connectivity index (χ0n) is 17.1. The number of carbonyl (C=O) groups is 2.